The van der Waals surface area contributed by atoms with Crippen molar-refractivity contribution >= 4 is 0 Å². The van der Waals surface area contributed by atoms with Gasteiger partial charge in [0.05, 0.1) is 0 Å². The van der Waals surface area contributed by atoms with Crippen LogP contribution in [0.2, 0.25) is 0 Å². The van der Waals surface area contributed by atoms with Gasteiger partial charge in [-0.3, -0.25) is 0 Å². The fourth-order valence-electron chi connectivity index (χ4n) is 0.779. The van der Waals surface area contributed by atoms with E-state index < -0.39 is 0 Å². The zero-order valence-electron chi connectivity index (χ0n) is 6.92. The van der Waals surface area contributed by atoms with E-state index in [1.54, 1.807) is 6.92 Å². The third-order valence-corrected chi connectivity index (χ3v) is 1.31. The largest absolute Gasteiger partial charge is 0.408 e. The van der Waals surface area contributed by atoms with Crippen LogP contribution in [0.25, 0.3) is 0 Å². The molecule has 0 atom stereocenters. The van der Waals surface area contributed by atoms with Gasteiger partial charge in [-0.05, 0) is 6.92 Å². The molecule has 1 rings (SSSR count). The average molecular weight is 153 g/mol. The molecule has 3 nitrogen and oxygen atoms in total. The van der Waals surface area contributed by atoms with E-state index in [4.69, 9.17) is 4.42 Å². The molecule has 3 heteroatoms. The summed E-state index contributed by atoms with van der Waals surface area (Å²) in [7, 11) is 0. The van der Waals surface area contributed by atoms with Crippen LogP contribution in [0.5, 0.6) is 0 Å². The first kappa shape index (κ1) is 7.98. The van der Waals surface area contributed by atoms with Crippen molar-refractivity contribution in [3.8, 4) is 0 Å². The highest BCUT2D eigenvalue weighted by atomic mass is 16.4. The molecule has 0 spiro atoms. The fourth-order valence-corrected chi connectivity index (χ4v) is 0.779. The maximum absolute atomic E-state index is 10.8. The number of aromatic nitrogens is 1. The van der Waals surface area contributed by atoms with Crippen molar-refractivity contribution in [1.29, 1.82) is 0 Å². The first-order valence-electron chi connectivity index (χ1n) is 3.58. The van der Waals surface area contributed by atoms with Crippen molar-refractivity contribution in [3.05, 3.63) is 28.1 Å². The molecule has 1 aromatic rings. The monoisotopic (exact) mass is 153 g/mol. The quantitative estimate of drug-likeness (QED) is 0.613. The van der Waals surface area contributed by atoms with Crippen molar-refractivity contribution in [1.82, 2.24) is 4.98 Å². The molecule has 0 aromatic carbocycles. The molecule has 0 radical (unpaired) electrons. The van der Waals surface area contributed by atoms with Crippen molar-refractivity contribution in [2.45, 2.75) is 26.7 Å². The minimum Gasteiger partial charge on any atom is -0.408 e. The predicted molar refractivity (Wildman–Crippen MR) is 41.6 cm³/mol. The molecule has 1 heterocycles. The average Bonchev–Trinajstić information content (AvgIpc) is 1.85. The smallest absolute Gasteiger partial charge is 0.339 e. The summed E-state index contributed by atoms with van der Waals surface area (Å²) >= 11 is 0. The van der Waals surface area contributed by atoms with E-state index in [0.717, 1.165) is 0 Å². The molecule has 1 aromatic heterocycles. The van der Waals surface area contributed by atoms with E-state index in [1.165, 1.54) is 6.07 Å². The summed E-state index contributed by atoms with van der Waals surface area (Å²) in [6.07, 6.45) is 0. The Labute approximate surface area is 65.1 Å². The van der Waals surface area contributed by atoms with Crippen LogP contribution in [-0.4, -0.2) is 4.98 Å². The minimum absolute atomic E-state index is 0.169. The Hall–Kier alpha value is -1.12. The number of hydrogen-bond donors (Lipinski definition) is 0. The summed E-state index contributed by atoms with van der Waals surface area (Å²) in [4.78, 5) is 14.9. The second kappa shape index (κ2) is 2.86. The molecule has 0 unspecified atom stereocenters. The topological polar surface area (TPSA) is 43.1 Å². The maximum atomic E-state index is 10.8. The van der Waals surface area contributed by atoms with Crippen molar-refractivity contribution in [3.63, 3.8) is 0 Å². The third-order valence-electron chi connectivity index (χ3n) is 1.31. The summed E-state index contributed by atoms with van der Waals surface area (Å²) < 4.78 is 4.85. The Morgan fingerprint density at radius 2 is 2.18 bits per heavy atom. The molecular weight excluding hydrogens is 142 g/mol. The number of hydrogen-bond acceptors (Lipinski definition) is 3. The van der Waals surface area contributed by atoms with E-state index in [1.807, 2.05) is 13.8 Å². The zero-order chi connectivity index (χ0) is 8.43. The second-order valence-corrected chi connectivity index (χ2v) is 2.81. The third kappa shape index (κ3) is 1.90. The van der Waals surface area contributed by atoms with Crippen LogP contribution < -0.4 is 5.63 Å². The van der Waals surface area contributed by atoms with Crippen LogP contribution in [0.15, 0.2) is 15.3 Å². The summed E-state index contributed by atoms with van der Waals surface area (Å²) in [5.41, 5.74) is 0.395. The molecule has 0 aliphatic carbocycles. The van der Waals surface area contributed by atoms with Gasteiger partial charge in [0.2, 0.25) is 5.89 Å². The summed E-state index contributed by atoms with van der Waals surface area (Å²) in [5.74, 6) is 0.678. The van der Waals surface area contributed by atoms with E-state index in [2.05, 4.69) is 4.98 Å². The molecule has 0 saturated carbocycles. The highest BCUT2D eigenvalue weighted by molar-refractivity contribution is 4.98. The first-order chi connectivity index (χ1) is 5.09. The minimum atomic E-state index is -0.318. The normalized spacial score (nSPS) is 10.5. The Morgan fingerprint density at radius 3 is 2.64 bits per heavy atom. The van der Waals surface area contributed by atoms with Crippen LogP contribution in [-0.2, 0) is 0 Å². The molecule has 0 saturated heterocycles. The van der Waals surface area contributed by atoms with Crippen molar-refractivity contribution in [2.24, 2.45) is 0 Å². The van der Waals surface area contributed by atoms with Crippen LogP contribution >= 0.6 is 0 Å². The van der Waals surface area contributed by atoms with Gasteiger partial charge < -0.3 is 4.42 Å². The Balaban J connectivity index is 3.19. The van der Waals surface area contributed by atoms with Crippen LogP contribution in [0.1, 0.15) is 31.4 Å². The van der Waals surface area contributed by atoms with Gasteiger partial charge in [-0.25, -0.2) is 9.78 Å². The zero-order valence-corrected chi connectivity index (χ0v) is 6.92. The van der Waals surface area contributed by atoms with Crippen molar-refractivity contribution < 1.29 is 4.42 Å². The van der Waals surface area contributed by atoms with Crippen molar-refractivity contribution in [2.75, 3.05) is 0 Å². The Kier molecular flexibility index (Phi) is 2.08. The SMILES string of the molecule is Cc1cc(=O)oc(C(C)C)n1. The lowest BCUT2D eigenvalue weighted by atomic mass is 10.2. The molecule has 0 fully saturated rings. The standard InChI is InChI=1S/C8H11NO2/c1-5(2)8-9-6(3)4-7(10)11-8/h4-5H,1-3H3. The van der Waals surface area contributed by atoms with E-state index in [-0.39, 0.29) is 11.5 Å². The lowest BCUT2D eigenvalue weighted by Gasteiger charge is -2.00. The summed E-state index contributed by atoms with van der Waals surface area (Å²) in [5, 5.41) is 0. The number of nitrogens with zero attached hydrogens (tertiary/aromatic N) is 1. The highest BCUT2D eigenvalue weighted by Crippen LogP contribution is 2.08. The molecule has 0 bridgehead atoms. The Bertz CT molecular complexity index is 301. The van der Waals surface area contributed by atoms with Crippen LogP contribution in [0, 0.1) is 6.92 Å². The molecule has 0 amide bonds. The summed E-state index contributed by atoms with van der Waals surface area (Å²) in [6.45, 7) is 5.65. The van der Waals surface area contributed by atoms with Gasteiger partial charge in [0.1, 0.15) is 0 Å². The maximum Gasteiger partial charge on any atom is 0.339 e. The van der Waals surface area contributed by atoms with Gasteiger partial charge in [-0.2, -0.15) is 0 Å². The molecule has 0 N–H and O–H groups in total. The Morgan fingerprint density at radius 1 is 1.55 bits per heavy atom. The van der Waals surface area contributed by atoms with Gasteiger partial charge in [0, 0.05) is 17.7 Å². The van der Waals surface area contributed by atoms with Gasteiger partial charge >= 0.3 is 5.63 Å². The fraction of sp³-hybridized carbons (Fsp3) is 0.500. The second-order valence-electron chi connectivity index (χ2n) is 2.81. The number of rotatable bonds is 1. The predicted octanol–water partition coefficient (Wildman–Crippen LogP) is 1.47. The van der Waals surface area contributed by atoms with Gasteiger partial charge in [0.25, 0.3) is 0 Å². The molecule has 0 aliphatic heterocycles. The summed E-state index contributed by atoms with van der Waals surface area (Å²) in [6, 6.07) is 1.38. The molecule has 60 valence electrons. The van der Waals surface area contributed by atoms with Gasteiger partial charge in [-0.15, -0.1) is 0 Å². The number of aryl methyl sites for hydroxylation is 1. The highest BCUT2D eigenvalue weighted by Gasteiger charge is 2.04. The van der Waals surface area contributed by atoms with Crippen LogP contribution in [0.3, 0.4) is 0 Å². The first-order valence-corrected chi connectivity index (χ1v) is 3.58. The lowest BCUT2D eigenvalue weighted by molar-refractivity contribution is 0.412. The van der Waals surface area contributed by atoms with Crippen LogP contribution in [0.4, 0.5) is 0 Å². The van der Waals surface area contributed by atoms with Gasteiger partial charge in [0.15, 0.2) is 0 Å². The van der Waals surface area contributed by atoms with E-state index in [0.29, 0.717) is 11.6 Å². The molecule has 11 heavy (non-hydrogen) atoms. The molecule has 0 aliphatic rings. The molecular formula is C8H11NO2. The van der Waals surface area contributed by atoms with Gasteiger partial charge in [-0.1, -0.05) is 13.8 Å². The lowest BCUT2D eigenvalue weighted by Crippen LogP contribution is -2.05. The van der Waals surface area contributed by atoms with E-state index >= 15 is 0 Å². The van der Waals surface area contributed by atoms with E-state index in [9.17, 15) is 4.79 Å².